The third kappa shape index (κ3) is 6.00. The SMILES string of the molecule is CN(C)S(=O)(=O)C[C@@H]1CN(Cc2cncn2C2CCCCC2)C[C@@H]1O.O=CO. The van der Waals surface area contributed by atoms with Crippen LogP contribution in [0.15, 0.2) is 12.5 Å². The van der Waals surface area contributed by atoms with Crippen LogP contribution in [0.4, 0.5) is 0 Å². The lowest BCUT2D eigenvalue weighted by molar-refractivity contribution is -0.122. The van der Waals surface area contributed by atoms with Crippen molar-refractivity contribution in [2.24, 2.45) is 5.92 Å². The molecule has 2 atom stereocenters. The highest BCUT2D eigenvalue weighted by Gasteiger charge is 2.35. The van der Waals surface area contributed by atoms with Gasteiger partial charge in [-0.1, -0.05) is 19.3 Å². The summed E-state index contributed by atoms with van der Waals surface area (Å²) in [5.74, 6) is -0.238. The predicted octanol–water partition coefficient (Wildman–Crippen LogP) is 0.773. The Morgan fingerprint density at radius 3 is 2.50 bits per heavy atom. The van der Waals surface area contributed by atoms with E-state index in [4.69, 9.17) is 9.90 Å². The molecule has 2 heterocycles. The predicted molar refractivity (Wildman–Crippen MR) is 105 cm³/mol. The monoisotopic (exact) mass is 416 g/mol. The van der Waals surface area contributed by atoms with Crippen LogP contribution in [-0.2, 0) is 21.4 Å². The average Bonchev–Trinajstić information content (AvgIpc) is 3.23. The Bertz CT molecular complexity index is 715. The van der Waals surface area contributed by atoms with Gasteiger partial charge < -0.3 is 14.8 Å². The number of hydrogen-bond acceptors (Lipinski definition) is 6. The maximum atomic E-state index is 12.1. The van der Waals surface area contributed by atoms with Crippen LogP contribution in [0.1, 0.15) is 43.8 Å². The molecule has 0 bridgehead atoms. The number of imidazole rings is 1. The topological polar surface area (TPSA) is 116 Å². The van der Waals surface area contributed by atoms with Gasteiger partial charge in [0.1, 0.15) is 0 Å². The van der Waals surface area contributed by atoms with E-state index in [-0.39, 0.29) is 18.1 Å². The molecule has 160 valence electrons. The fourth-order valence-corrected chi connectivity index (χ4v) is 5.19. The number of aliphatic hydroxyl groups excluding tert-OH is 1. The zero-order chi connectivity index (χ0) is 20.7. The van der Waals surface area contributed by atoms with Gasteiger partial charge in [-0.25, -0.2) is 17.7 Å². The summed E-state index contributed by atoms with van der Waals surface area (Å²) in [7, 11) is -0.218. The number of hydrogen-bond donors (Lipinski definition) is 2. The average molecular weight is 417 g/mol. The molecule has 1 saturated carbocycles. The third-order valence-corrected chi connectivity index (χ3v) is 7.53. The molecule has 1 aliphatic carbocycles. The lowest BCUT2D eigenvalue weighted by Crippen LogP contribution is -2.33. The quantitative estimate of drug-likeness (QED) is 0.658. The van der Waals surface area contributed by atoms with Crippen molar-refractivity contribution in [2.75, 3.05) is 32.9 Å². The summed E-state index contributed by atoms with van der Waals surface area (Å²) < 4.78 is 27.7. The molecule has 0 unspecified atom stereocenters. The molecule has 2 fully saturated rings. The Hall–Kier alpha value is -1.49. The summed E-state index contributed by atoms with van der Waals surface area (Å²) in [6.07, 6.45) is 9.51. The fraction of sp³-hybridized carbons (Fsp3) is 0.778. The van der Waals surface area contributed by atoms with E-state index in [9.17, 15) is 13.5 Å². The highest BCUT2D eigenvalue weighted by Crippen LogP contribution is 2.30. The Kier molecular flexibility index (Phi) is 8.41. The van der Waals surface area contributed by atoms with E-state index in [0.29, 0.717) is 25.7 Å². The molecule has 9 nitrogen and oxygen atoms in total. The molecule has 1 aliphatic heterocycles. The van der Waals surface area contributed by atoms with E-state index in [1.165, 1.54) is 50.5 Å². The van der Waals surface area contributed by atoms with Crippen molar-refractivity contribution in [2.45, 2.75) is 50.8 Å². The molecule has 3 rings (SSSR count). The molecule has 0 radical (unpaired) electrons. The number of nitrogens with zero attached hydrogens (tertiary/aromatic N) is 4. The zero-order valence-electron chi connectivity index (χ0n) is 16.6. The first-order valence-electron chi connectivity index (χ1n) is 9.67. The minimum atomic E-state index is -3.30. The first-order chi connectivity index (χ1) is 13.3. The van der Waals surface area contributed by atoms with Crippen LogP contribution in [0.2, 0.25) is 0 Å². The van der Waals surface area contributed by atoms with E-state index in [1.54, 1.807) is 0 Å². The normalized spacial score (nSPS) is 24.1. The van der Waals surface area contributed by atoms with Gasteiger partial charge >= 0.3 is 0 Å². The molecule has 0 aromatic carbocycles. The van der Waals surface area contributed by atoms with Crippen molar-refractivity contribution in [1.82, 2.24) is 18.8 Å². The van der Waals surface area contributed by atoms with Gasteiger partial charge in [0.15, 0.2) is 0 Å². The molecule has 10 heteroatoms. The third-order valence-electron chi connectivity index (χ3n) is 5.56. The van der Waals surface area contributed by atoms with Gasteiger partial charge in [-0.3, -0.25) is 9.69 Å². The van der Waals surface area contributed by atoms with Gasteiger partial charge in [-0.15, -0.1) is 0 Å². The van der Waals surface area contributed by atoms with E-state index in [0.717, 1.165) is 5.69 Å². The van der Waals surface area contributed by atoms with Crippen LogP contribution >= 0.6 is 0 Å². The van der Waals surface area contributed by atoms with Crippen molar-refractivity contribution in [3.05, 3.63) is 18.2 Å². The second kappa shape index (κ2) is 10.3. The first kappa shape index (κ1) is 22.8. The van der Waals surface area contributed by atoms with Crippen LogP contribution in [0.25, 0.3) is 0 Å². The number of aliphatic hydroxyl groups is 1. The van der Waals surface area contributed by atoms with Crippen LogP contribution < -0.4 is 0 Å². The van der Waals surface area contributed by atoms with E-state index < -0.39 is 16.1 Å². The number of sulfonamides is 1. The summed E-state index contributed by atoms with van der Waals surface area (Å²) in [4.78, 5) is 14.8. The van der Waals surface area contributed by atoms with Crippen molar-refractivity contribution in [3.63, 3.8) is 0 Å². The van der Waals surface area contributed by atoms with Crippen LogP contribution in [0, 0.1) is 5.92 Å². The second-order valence-electron chi connectivity index (χ2n) is 7.77. The number of carboxylic acid groups (broad SMARTS) is 1. The van der Waals surface area contributed by atoms with Crippen molar-refractivity contribution in [1.29, 1.82) is 0 Å². The molecule has 0 spiro atoms. The molecular weight excluding hydrogens is 384 g/mol. The van der Waals surface area contributed by atoms with Gasteiger partial charge in [0, 0.05) is 51.9 Å². The molecule has 2 aliphatic rings. The Balaban J connectivity index is 0.000000878. The highest BCUT2D eigenvalue weighted by molar-refractivity contribution is 7.89. The fourth-order valence-electron chi connectivity index (χ4n) is 4.03. The number of rotatable bonds is 6. The number of aromatic nitrogens is 2. The first-order valence-corrected chi connectivity index (χ1v) is 11.3. The smallest absolute Gasteiger partial charge is 0.290 e. The van der Waals surface area contributed by atoms with E-state index in [1.807, 2.05) is 12.5 Å². The van der Waals surface area contributed by atoms with Gasteiger partial charge in [0.2, 0.25) is 10.0 Å². The summed E-state index contributed by atoms with van der Waals surface area (Å²) in [6.45, 7) is 1.58. The maximum Gasteiger partial charge on any atom is 0.290 e. The van der Waals surface area contributed by atoms with Crippen molar-refractivity contribution < 1.29 is 23.4 Å². The van der Waals surface area contributed by atoms with Crippen molar-refractivity contribution >= 4 is 16.5 Å². The molecule has 1 aromatic rings. The van der Waals surface area contributed by atoms with Gasteiger partial charge in [-0.2, -0.15) is 0 Å². The molecule has 1 saturated heterocycles. The largest absolute Gasteiger partial charge is 0.483 e. The summed E-state index contributed by atoms with van der Waals surface area (Å²) in [5.41, 5.74) is 1.16. The number of carbonyl (C=O) groups is 1. The summed E-state index contributed by atoms with van der Waals surface area (Å²) in [5, 5.41) is 17.2. The van der Waals surface area contributed by atoms with Crippen LogP contribution in [-0.4, -0.2) is 82.9 Å². The number of likely N-dealkylation sites (tertiary alicyclic amines) is 1. The molecule has 1 aromatic heterocycles. The number of β-amino-alcohol motifs (C(OH)–C–C–N with tert-alkyl or cyclic N) is 1. The molecule has 2 N–H and O–H groups in total. The summed E-state index contributed by atoms with van der Waals surface area (Å²) in [6, 6.07) is 0.531. The van der Waals surface area contributed by atoms with Gasteiger partial charge in [-0.05, 0) is 12.8 Å². The van der Waals surface area contributed by atoms with E-state index in [2.05, 4.69) is 14.5 Å². The molecular formula is C18H32N4O5S. The van der Waals surface area contributed by atoms with Crippen LogP contribution in [0.5, 0.6) is 0 Å². The molecule has 28 heavy (non-hydrogen) atoms. The second-order valence-corrected chi connectivity index (χ2v) is 10.00. The zero-order valence-corrected chi connectivity index (χ0v) is 17.5. The lowest BCUT2D eigenvalue weighted by atomic mass is 9.95. The van der Waals surface area contributed by atoms with Gasteiger partial charge in [0.25, 0.3) is 6.47 Å². The Morgan fingerprint density at radius 1 is 1.25 bits per heavy atom. The van der Waals surface area contributed by atoms with E-state index >= 15 is 0 Å². The minimum absolute atomic E-state index is 0.000443. The maximum absolute atomic E-state index is 12.1. The standard InChI is InChI=1S/C17H30N4O3S.CH2O2/c1-19(2)25(23,24)12-14-9-20(11-17(14)22)10-16-8-18-13-21(16)15-6-4-3-5-7-15;2-1-3/h8,13-15,17,22H,3-7,9-12H2,1-2H3;1H,(H,2,3)/t14-,17-;/m0./s1. The Labute approximate surface area is 167 Å². The Morgan fingerprint density at radius 2 is 1.89 bits per heavy atom. The molecule has 0 amide bonds. The van der Waals surface area contributed by atoms with Crippen LogP contribution in [0.3, 0.4) is 0 Å². The lowest BCUT2D eigenvalue weighted by Gasteiger charge is -2.26. The van der Waals surface area contributed by atoms with Gasteiger partial charge in [0.05, 0.1) is 23.9 Å². The summed E-state index contributed by atoms with van der Waals surface area (Å²) >= 11 is 0. The van der Waals surface area contributed by atoms with Crippen molar-refractivity contribution in [3.8, 4) is 0 Å². The minimum Gasteiger partial charge on any atom is -0.483 e. The highest BCUT2D eigenvalue weighted by atomic mass is 32.2.